The van der Waals surface area contributed by atoms with Crippen LogP contribution < -0.4 is 0 Å². The smallest absolute Gasteiger partial charge is 0.333 e. The summed E-state index contributed by atoms with van der Waals surface area (Å²) < 4.78 is 24.4. The third-order valence-corrected chi connectivity index (χ3v) is 8.27. The Labute approximate surface area is 234 Å². The van der Waals surface area contributed by atoms with Gasteiger partial charge in [0.25, 0.3) is 0 Å². The zero-order valence-corrected chi connectivity index (χ0v) is 25.7. The minimum atomic E-state index is -1.52. The van der Waals surface area contributed by atoms with Gasteiger partial charge in [0.05, 0.1) is 17.8 Å². The topological polar surface area (TPSA) is 115 Å². The molecule has 0 amide bonds. The molecule has 1 unspecified atom stereocenters. The zero-order chi connectivity index (χ0) is 29.9. The highest BCUT2D eigenvalue weighted by molar-refractivity contribution is 5.96. The Morgan fingerprint density at radius 3 is 2.28 bits per heavy atom. The summed E-state index contributed by atoms with van der Waals surface area (Å²) in [5.41, 5.74) is -1.78. The average Bonchev–Trinajstić information content (AvgIpc) is 2.85. The number of ketones is 1. The van der Waals surface area contributed by atoms with E-state index in [0.717, 1.165) is 0 Å². The maximum atomic E-state index is 13.4. The fraction of sp³-hybridized carbons (Fsp3) is 0.800. The van der Waals surface area contributed by atoms with Gasteiger partial charge >= 0.3 is 5.97 Å². The van der Waals surface area contributed by atoms with Crippen molar-refractivity contribution in [1.29, 1.82) is 0 Å². The number of allylic oxidation sites excluding steroid dienone is 1. The Morgan fingerprint density at radius 1 is 1.13 bits per heavy atom. The molecule has 1 saturated heterocycles. The standard InChI is InChI=1S/C30H51NO8/c1-12-23-29(7,35)15-19(4)24(32)20(5)16-30(8,36-11)26(17(2)13-18(3)27(34)38-23)39-28-25(33)22(31(9)10)14-21(6)37-28/h13,15,17,20-23,25-26,28,33,35H,12,14,16H2,1-11H3/b18-13+,19-15+/t17-,20+,21+,22-,23?,25+,26+,28-,29-,30+/m0/s1. The summed E-state index contributed by atoms with van der Waals surface area (Å²) in [6.07, 6.45) is 1.04. The molecule has 0 aromatic carbocycles. The largest absolute Gasteiger partial charge is 0.456 e. The van der Waals surface area contributed by atoms with Crippen molar-refractivity contribution >= 4 is 11.8 Å². The van der Waals surface area contributed by atoms with Crippen molar-refractivity contribution in [1.82, 2.24) is 4.90 Å². The number of hydrogen-bond acceptors (Lipinski definition) is 9. The molecule has 224 valence electrons. The molecule has 2 rings (SSSR count). The molecule has 0 aliphatic carbocycles. The average molecular weight is 554 g/mol. The first-order valence-electron chi connectivity index (χ1n) is 14.0. The molecule has 0 bridgehead atoms. The second kappa shape index (κ2) is 13.4. The zero-order valence-electron chi connectivity index (χ0n) is 25.7. The maximum absolute atomic E-state index is 13.4. The van der Waals surface area contributed by atoms with Gasteiger partial charge in [0.15, 0.2) is 12.1 Å². The van der Waals surface area contributed by atoms with Crippen LogP contribution in [0.2, 0.25) is 0 Å². The second-order valence-corrected chi connectivity index (χ2v) is 12.2. The minimum Gasteiger partial charge on any atom is -0.456 e. The summed E-state index contributed by atoms with van der Waals surface area (Å²) in [4.78, 5) is 28.5. The summed E-state index contributed by atoms with van der Waals surface area (Å²) >= 11 is 0. The van der Waals surface area contributed by atoms with Gasteiger partial charge < -0.3 is 34.1 Å². The third kappa shape index (κ3) is 7.99. The number of likely N-dealkylation sites (N-methyl/N-ethyl adjacent to an activating group) is 1. The van der Waals surface area contributed by atoms with Crippen molar-refractivity contribution in [3.8, 4) is 0 Å². The van der Waals surface area contributed by atoms with Crippen LogP contribution in [0.15, 0.2) is 23.3 Å². The van der Waals surface area contributed by atoms with E-state index in [2.05, 4.69) is 0 Å². The molecule has 9 heteroatoms. The number of rotatable bonds is 5. The predicted molar refractivity (Wildman–Crippen MR) is 149 cm³/mol. The normalized spacial score (nSPS) is 44.2. The van der Waals surface area contributed by atoms with E-state index in [1.807, 2.05) is 53.6 Å². The minimum absolute atomic E-state index is 0.146. The van der Waals surface area contributed by atoms with Crippen molar-refractivity contribution in [2.24, 2.45) is 11.8 Å². The molecule has 2 heterocycles. The molecule has 9 nitrogen and oxygen atoms in total. The molecule has 2 N–H and O–H groups in total. The Balaban J connectivity index is 2.59. The van der Waals surface area contributed by atoms with Gasteiger partial charge in [-0.15, -0.1) is 0 Å². The molecule has 2 aliphatic heterocycles. The van der Waals surface area contributed by atoms with E-state index in [1.165, 1.54) is 6.08 Å². The Hall–Kier alpha value is -1.62. The highest BCUT2D eigenvalue weighted by Gasteiger charge is 2.46. The molecule has 10 atom stereocenters. The van der Waals surface area contributed by atoms with Crippen LogP contribution in [0.4, 0.5) is 0 Å². The van der Waals surface area contributed by atoms with Crippen molar-refractivity contribution in [3.05, 3.63) is 23.3 Å². The summed E-state index contributed by atoms with van der Waals surface area (Å²) in [7, 11) is 5.39. The number of esters is 1. The number of aliphatic hydroxyl groups is 2. The first kappa shape index (κ1) is 33.6. The number of aliphatic hydroxyl groups excluding tert-OH is 1. The molecule has 39 heavy (non-hydrogen) atoms. The Morgan fingerprint density at radius 2 is 1.74 bits per heavy atom. The predicted octanol–water partition coefficient (Wildman–Crippen LogP) is 3.41. The lowest BCUT2D eigenvalue weighted by Gasteiger charge is -2.46. The fourth-order valence-corrected chi connectivity index (χ4v) is 6.02. The van der Waals surface area contributed by atoms with Gasteiger partial charge in [0.2, 0.25) is 0 Å². The van der Waals surface area contributed by atoms with Crippen molar-refractivity contribution in [3.63, 3.8) is 0 Å². The number of carbonyl (C=O) groups excluding carboxylic acids is 2. The molecule has 0 spiro atoms. The van der Waals surface area contributed by atoms with Crippen molar-refractivity contribution < 1.29 is 38.7 Å². The number of hydrogen-bond donors (Lipinski definition) is 2. The molecule has 2 aliphatic rings. The number of ether oxygens (including phenoxy) is 4. The highest BCUT2D eigenvalue weighted by atomic mass is 16.7. The first-order valence-corrected chi connectivity index (χ1v) is 14.0. The summed E-state index contributed by atoms with van der Waals surface area (Å²) in [5.74, 6) is -1.58. The van der Waals surface area contributed by atoms with E-state index in [-0.39, 0.29) is 17.9 Å². The van der Waals surface area contributed by atoms with Gasteiger partial charge in [-0.1, -0.05) is 26.8 Å². The molecule has 0 aromatic heterocycles. The van der Waals surface area contributed by atoms with Gasteiger partial charge in [0, 0.05) is 30.6 Å². The van der Waals surface area contributed by atoms with Crippen LogP contribution >= 0.6 is 0 Å². The Bertz CT molecular complexity index is 928. The number of cyclic esters (lactones) is 1. The van der Waals surface area contributed by atoms with Gasteiger partial charge in [-0.3, -0.25) is 4.79 Å². The van der Waals surface area contributed by atoms with E-state index < -0.39 is 53.6 Å². The first-order chi connectivity index (χ1) is 18.0. The van der Waals surface area contributed by atoms with Crippen LogP contribution in [-0.2, 0) is 28.5 Å². The lowest BCUT2D eigenvalue weighted by molar-refractivity contribution is -0.294. The lowest BCUT2D eigenvalue weighted by Crippen LogP contribution is -2.58. The lowest BCUT2D eigenvalue weighted by atomic mass is 9.79. The molecule has 0 saturated carbocycles. The van der Waals surface area contributed by atoms with E-state index in [0.29, 0.717) is 30.4 Å². The van der Waals surface area contributed by atoms with Crippen molar-refractivity contribution in [2.45, 2.75) is 123 Å². The van der Waals surface area contributed by atoms with E-state index in [1.54, 1.807) is 34.0 Å². The molecule has 0 radical (unpaired) electrons. The summed E-state index contributed by atoms with van der Waals surface area (Å²) in [6, 6.07) is -0.166. The monoisotopic (exact) mass is 553 g/mol. The van der Waals surface area contributed by atoms with Crippen molar-refractivity contribution in [2.75, 3.05) is 21.2 Å². The summed E-state index contributed by atoms with van der Waals surface area (Å²) in [5, 5.41) is 22.3. The highest BCUT2D eigenvalue weighted by Crippen LogP contribution is 2.36. The van der Waals surface area contributed by atoms with E-state index >= 15 is 0 Å². The number of Topliss-reactive ketones (excluding diaryl/α,β-unsaturated/α-hetero) is 1. The van der Waals surface area contributed by atoms with Gasteiger partial charge in [-0.25, -0.2) is 4.79 Å². The van der Waals surface area contributed by atoms with Crippen LogP contribution in [-0.4, -0.2) is 96.0 Å². The Kier molecular flexibility index (Phi) is 11.5. The van der Waals surface area contributed by atoms with Crippen LogP contribution in [0.3, 0.4) is 0 Å². The third-order valence-electron chi connectivity index (χ3n) is 8.27. The maximum Gasteiger partial charge on any atom is 0.333 e. The molecular formula is C30H51NO8. The van der Waals surface area contributed by atoms with Crippen LogP contribution in [0.25, 0.3) is 0 Å². The quantitative estimate of drug-likeness (QED) is 0.494. The number of methoxy groups -OCH3 is 1. The van der Waals surface area contributed by atoms with Gasteiger partial charge in [0.1, 0.15) is 17.8 Å². The van der Waals surface area contributed by atoms with E-state index in [4.69, 9.17) is 18.9 Å². The SMILES string of the molecule is CCC1OC(=O)/C(C)=C/[C@H](C)[C@@H](O[C@@H]2O[C@H](C)C[C@H](N(C)C)[C@H]2O)[C@](C)(OC)C[C@@H](C)C(=O)/C(C)=C/[C@]1(C)O. The number of carbonyl (C=O) groups is 2. The van der Waals surface area contributed by atoms with Gasteiger partial charge in [-0.05, 0) is 79.6 Å². The van der Waals surface area contributed by atoms with Crippen LogP contribution in [0.1, 0.15) is 74.7 Å². The number of nitrogens with zero attached hydrogens (tertiary/aromatic N) is 1. The fourth-order valence-electron chi connectivity index (χ4n) is 6.02. The second-order valence-electron chi connectivity index (χ2n) is 12.2. The molecule has 1 fully saturated rings. The van der Waals surface area contributed by atoms with Crippen LogP contribution in [0, 0.1) is 11.8 Å². The van der Waals surface area contributed by atoms with Crippen LogP contribution in [0.5, 0.6) is 0 Å². The molecule has 0 aromatic rings. The van der Waals surface area contributed by atoms with E-state index in [9.17, 15) is 19.8 Å². The molecular weight excluding hydrogens is 502 g/mol. The summed E-state index contributed by atoms with van der Waals surface area (Å²) in [6.45, 7) is 14.2. The van der Waals surface area contributed by atoms with Gasteiger partial charge in [-0.2, -0.15) is 0 Å².